The molecule has 5 heteroatoms. The Labute approximate surface area is 120 Å². The quantitative estimate of drug-likeness (QED) is 0.900. The van der Waals surface area contributed by atoms with E-state index in [0.29, 0.717) is 13.0 Å². The number of rotatable bonds is 5. The second-order valence-corrected chi connectivity index (χ2v) is 7.59. The molecule has 0 aliphatic carbocycles. The lowest BCUT2D eigenvalue weighted by Crippen LogP contribution is -2.34. The molecule has 1 heterocycles. The van der Waals surface area contributed by atoms with Crippen LogP contribution in [0.25, 0.3) is 0 Å². The largest absolute Gasteiger partial charge is 0.355 e. The molecule has 1 aromatic rings. The Balaban J connectivity index is 1.89. The molecule has 0 aromatic heterocycles. The number of nitrogens with one attached hydrogen (secondary N) is 1. The number of benzene rings is 1. The SMILES string of the molecule is CCC(CNC(=O)C1CCS(=O)(=O)C1)c1ccccc1. The Bertz CT molecular complexity index is 554. The maximum atomic E-state index is 12.0. The Hall–Kier alpha value is -1.36. The molecule has 0 spiro atoms. The van der Waals surface area contributed by atoms with E-state index in [4.69, 9.17) is 0 Å². The van der Waals surface area contributed by atoms with Crippen molar-refractivity contribution in [2.24, 2.45) is 5.92 Å². The van der Waals surface area contributed by atoms with E-state index >= 15 is 0 Å². The molecule has 1 fully saturated rings. The monoisotopic (exact) mass is 295 g/mol. The Morgan fingerprint density at radius 3 is 2.60 bits per heavy atom. The van der Waals surface area contributed by atoms with Gasteiger partial charge in [-0.15, -0.1) is 0 Å². The molecule has 1 N–H and O–H groups in total. The number of amides is 1. The lowest BCUT2D eigenvalue weighted by molar-refractivity contribution is -0.124. The lowest BCUT2D eigenvalue weighted by Gasteiger charge is -2.17. The molecule has 0 saturated carbocycles. The molecule has 2 rings (SSSR count). The molecule has 4 nitrogen and oxygen atoms in total. The van der Waals surface area contributed by atoms with Gasteiger partial charge in [0.1, 0.15) is 0 Å². The zero-order chi connectivity index (χ0) is 14.6. The van der Waals surface area contributed by atoms with Crippen molar-refractivity contribution >= 4 is 15.7 Å². The summed E-state index contributed by atoms with van der Waals surface area (Å²) >= 11 is 0. The van der Waals surface area contributed by atoms with Crippen LogP contribution in [-0.4, -0.2) is 32.4 Å². The van der Waals surface area contributed by atoms with Gasteiger partial charge in [0.25, 0.3) is 0 Å². The standard InChI is InChI=1S/C15H21NO3S/c1-2-12(13-6-4-3-5-7-13)10-16-15(17)14-8-9-20(18,19)11-14/h3-7,12,14H,2,8-11H2,1H3,(H,16,17). The van der Waals surface area contributed by atoms with Gasteiger partial charge in [0.15, 0.2) is 9.84 Å². The fourth-order valence-electron chi connectivity index (χ4n) is 2.59. The Morgan fingerprint density at radius 1 is 1.35 bits per heavy atom. The summed E-state index contributed by atoms with van der Waals surface area (Å²) in [4.78, 5) is 12.0. The normalized spacial score (nSPS) is 22.4. The van der Waals surface area contributed by atoms with Crippen molar-refractivity contribution in [2.75, 3.05) is 18.1 Å². The second kappa shape index (κ2) is 6.39. The molecule has 1 amide bonds. The first-order valence-corrected chi connectivity index (χ1v) is 8.87. The molecular weight excluding hydrogens is 274 g/mol. The van der Waals surface area contributed by atoms with Crippen LogP contribution >= 0.6 is 0 Å². The van der Waals surface area contributed by atoms with Gasteiger partial charge in [-0.2, -0.15) is 0 Å². The molecule has 110 valence electrons. The van der Waals surface area contributed by atoms with Crippen LogP contribution in [0.5, 0.6) is 0 Å². The predicted octanol–water partition coefficient (Wildman–Crippen LogP) is 1.73. The number of hydrogen-bond donors (Lipinski definition) is 1. The highest BCUT2D eigenvalue weighted by Gasteiger charge is 2.32. The van der Waals surface area contributed by atoms with E-state index < -0.39 is 9.84 Å². The highest BCUT2D eigenvalue weighted by atomic mass is 32.2. The lowest BCUT2D eigenvalue weighted by atomic mass is 9.96. The molecule has 0 radical (unpaired) electrons. The first kappa shape index (κ1) is 15.0. The summed E-state index contributed by atoms with van der Waals surface area (Å²) in [6, 6.07) is 10.1. The van der Waals surface area contributed by atoms with Crippen molar-refractivity contribution in [1.29, 1.82) is 0 Å². The molecular formula is C15H21NO3S. The molecule has 2 unspecified atom stereocenters. The van der Waals surface area contributed by atoms with Crippen LogP contribution in [-0.2, 0) is 14.6 Å². The smallest absolute Gasteiger partial charge is 0.224 e. The zero-order valence-corrected chi connectivity index (χ0v) is 12.5. The van der Waals surface area contributed by atoms with Crippen molar-refractivity contribution < 1.29 is 13.2 Å². The second-order valence-electron chi connectivity index (χ2n) is 5.36. The molecule has 20 heavy (non-hydrogen) atoms. The van der Waals surface area contributed by atoms with Gasteiger partial charge >= 0.3 is 0 Å². The number of carbonyl (C=O) groups excluding carboxylic acids is 1. The van der Waals surface area contributed by atoms with Crippen molar-refractivity contribution in [2.45, 2.75) is 25.7 Å². The number of carbonyl (C=O) groups is 1. The summed E-state index contributed by atoms with van der Waals surface area (Å²) in [6.07, 6.45) is 1.39. The molecule has 1 saturated heterocycles. The third-order valence-electron chi connectivity index (χ3n) is 3.89. The molecule has 1 aliphatic heterocycles. The Kier molecular flexibility index (Phi) is 4.81. The van der Waals surface area contributed by atoms with E-state index in [1.807, 2.05) is 18.2 Å². The molecule has 1 aromatic carbocycles. The molecule has 2 atom stereocenters. The van der Waals surface area contributed by atoms with Gasteiger partial charge in [-0.05, 0) is 18.4 Å². The van der Waals surface area contributed by atoms with Crippen molar-refractivity contribution in [1.82, 2.24) is 5.32 Å². The van der Waals surface area contributed by atoms with Crippen molar-refractivity contribution in [3.8, 4) is 0 Å². The van der Waals surface area contributed by atoms with E-state index in [2.05, 4.69) is 24.4 Å². The first-order valence-electron chi connectivity index (χ1n) is 7.05. The summed E-state index contributed by atoms with van der Waals surface area (Å²) in [7, 11) is -3.00. The third kappa shape index (κ3) is 3.82. The van der Waals surface area contributed by atoms with Gasteiger partial charge in [-0.1, -0.05) is 37.3 Å². The number of hydrogen-bond acceptors (Lipinski definition) is 3. The van der Waals surface area contributed by atoms with Crippen LogP contribution in [0.15, 0.2) is 30.3 Å². The average molecular weight is 295 g/mol. The number of sulfone groups is 1. The van der Waals surface area contributed by atoms with E-state index in [-0.39, 0.29) is 29.2 Å². The summed E-state index contributed by atoms with van der Waals surface area (Å²) in [6.45, 7) is 2.65. The van der Waals surface area contributed by atoms with Crippen LogP contribution in [0.2, 0.25) is 0 Å². The minimum absolute atomic E-state index is 0.000954. The molecule has 1 aliphatic rings. The van der Waals surface area contributed by atoms with Gasteiger partial charge < -0.3 is 5.32 Å². The van der Waals surface area contributed by atoms with Crippen LogP contribution < -0.4 is 5.32 Å². The summed E-state index contributed by atoms with van der Waals surface area (Å²) < 4.78 is 22.8. The maximum Gasteiger partial charge on any atom is 0.224 e. The minimum Gasteiger partial charge on any atom is -0.355 e. The van der Waals surface area contributed by atoms with Crippen molar-refractivity contribution in [3.05, 3.63) is 35.9 Å². The summed E-state index contributed by atoms with van der Waals surface area (Å²) in [5.74, 6) is -0.0750. The molecule has 0 bridgehead atoms. The predicted molar refractivity (Wildman–Crippen MR) is 79.2 cm³/mol. The van der Waals surface area contributed by atoms with E-state index in [9.17, 15) is 13.2 Å². The summed E-state index contributed by atoms with van der Waals surface area (Å²) in [5.41, 5.74) is 1.20. The summed E-state index contributed by atoms with van der Waals surface area (Å²) in [5, 5.41) is 2.91. The van der Waals surface area contributed by atoms with E-state index in [0.717, 1.165) is 6.42 Å². The van der Waals surface area contributed by atoms with Crippen LogP contribution in [0.1, 0.15) is 31.2 Å². The topological polar surface area (TPSA) is 63.2 Å². The van der Waals surface area contributed by atoms with Gasteiger partial charge in [0, 0.05) is 12.5 Å². The fourth-order valence-corrected chi connectivity index (χ4v) is 4.33. The van der Waals surface area contributed by atoms with Crippen LogP contribution in [0.3, 0.4) is 0 Å². The van der Waals surface area contributed by atoms with Gasteiger partial charge in [-0.25, -0.2) is 8.42 Å². The Morgan fingerprint density at radius 2 is 2.05 bits per heavy atom. The minimum atomic E-state index is -3.00. The van der Waals surface area contributed by atoms with Gasteiger partial charge in [0.05, 0.1) is 17.4 Å². The van der Waals surface area contributed by atoms with Gasteiger partial charge in [0.2, 0.25) is 5.91 Å². The fraction of sp³-hybridized carbons (Fsp3) is 0.533. The van der Waals surface area contributed by atoms with Crippen LogP contribution in [0.4, 0.5) is 0 Å². The third-order valence-corrected chi connectivity index (χ3v) is 5.66. The van der Waals surface area contributed by atoms with E-state index in [1.54, 1.807) is 0 Å². The zero-order valence-electron chi connectivity index (χ0n) is 11.7. The maximum absolute atomic E-state index is 12.0. The van der Waals surface area contributed by atoms with Gasteiger partial charge in [-0.3, -0.25) is 4.79 Å². The highest BCUT2D eigenvalue weighted by molar-refractivity contribution is 7.91. The van der Waals surface area contributed by atoms with Crippen molar-refractivity contribution in [3.63, 3.8) is 0 Å². The van der Waals surface area contributed by atoms with E-state index in [1.165, 1.54) is 5.56 Å². The first-order chi connectivity index (χ1) is 9.52. The van der Waals surface area contributed by atoms with Crippen LogP contribution in [0, 0.1) is 5.92 Å². The average Bonchev–Trinajstić information content (AvgIpc) is 2.81. The highest BCUT2D eigenvalue weighted by Crippen LogP contribution is 2.20.